The van der Waals surface area contributed by atoms with E-state index in [2.05, 4.69) is 25.5 Å². The molecule has 0 saturated heterocycles. The summed E-state index contributed by atoms with van der Waals surface area (Å²) in [6.45, 7) is 0.0466. The number of H-pyrrole nitrogens is 1. The number of carbonyl (C=O) groups excluding carboxylic acids is 1. The molecule has 0 fully saturated rings. The summed E-state index contributed by atoms with van der Waals surface area (Å²) in [7, 11) is 0. The number of aromatic nitrogens is 4. The zero-order valence-electron chi connectivity index (χ0n) is 15.5. The Labute approximate surface area is 170 Å². The predicted octanol–water partition coefficient (Wildman–Crippen LogP) is 4.03. The minimum Gasteiger partial charge on any atom is -0.346 e. The summed E-state index contributed by atoms with van der Waals surface area (Å²) in [5, 5.41) is 10.4. The van der Waals surface area contributed by atoms with Crippen molar-refractivity contribution in [3.8, 4) is 11.1 Å². The van der Waals surface area contributed by atoms with Crippen LogP contribution in [0.4, 0.5) is 4.39 Å². The number of nitrogens with zero attached hydrogens (tertiary/aromatic N) is 3. The van der Waals surface area contributed by atoms with Gasteiger partial charge >= 0.3 is 0 Å². The van der Waals surface area contributed by atoms with Gasteiger partial charge in [0.15, 0.2) is 5.65 Å². The standard InChI is InChI=1S/C21H18FN5OS/c22-16-7-13(14-5-6-23-20-15(14)10-26-27-20)9-24-17(16)11-25-21(28)19-8-12-3-1-2-4-18(12)29-19/h5-10H,1-4,11H2,(H,25,28)(H,23,26,27). The number of carbonyl (C=O) groups is 1. The number of hydrogen-bond acceptors (Lipinski definition) is 5. The van der Waals surface area contributed by atoms with E-state index in [1.54, 1.807) is 36.0 Å². The Bertz CT molecular complexity index is 1190. The summed E-state index contributed by atoms with van der Waals surface area (Å²) in [5.41, 5.74) is 3.56. The van der Waals surface area contributed by atoms with Crippen LogP contribution < -0.4 is 5.32 Å². The molecule has 0 saturated carbocycles. The Hall–Kier alpha value is -3.13. The van der Waals surface area contributed by atoms with Crippen molar-refractivity contribution in [1.29, 1.82) is 0 Å². The molecule has 0 atom stereocenters. The Morgan fingerprint density at radius 3 is 2.97 bits per heavy atom. The average molecular weight is 407 g/mol. The fourth-order valence-electron chi connectivity index (χ4n) is 3.70. The first kappa shape index (κ1) is 17.9. The third kappa shape index (κ3) is 3.40. The second-order valence-corrected chi connectivity index (χ2v) is 8.23. The van der Waals surface area contributed by atoms with Crippen LogP contribution in [0, 0.1) is 5.82 Å². The van der Waals surface area contributed by atoms with Gasteiger partial charge in [-0.05, 0) is 55.0 Å². The van der Waals surface area contributed by atoms with Gasteiger partial charge in [-0.25, -0.2) is 9.37 Å². The van der Waals surface area contributed by atoms with Crippen LogP contribution in [0.15, 0.2) is 36.8 Å². The molecular formula is C21H18FN5OS. The van der Waals surface area contributed by atoms with E-state index in [0.717, 1.165) is 23.8 Å². The van der Waals surface area contributed by atoms with E-state index in [-0.39, 0.29) is 18.1 Å². The number of aryl methyl sites for hydroxylation is 2. The number of nitrogens with one attached hydrogen (secondary N) is 2. The van der Waals surface area contributed by atoms with Crippen LogP contribution in [0.3, 0.4) is 0 Å². The lowest BCUT2D eigenvalue weighted by Gasteiger charge is -2.08. The fraction of sp³-hybridized carbons (Fsp3) is 0.238. The zero-order chi connectivity index (χ0) is 19.8. The molecule has 0 spiro atoms. The van der Waals surface area contributed by atoms with Crippen LogP contribution in [0.2, 0.25) is 0 Å². The topological polar surface area (TPSA) is 83.6 Å². The lowest BCUT2D eigenvalue weighted by atomic mass is 9.99. The second-order valence-electron chi connectivity index (χ2n) is 7.09. The van der Waals surface area contributed by atoms with Crippen molar-refractivity contribution >= 4 is 28.3 Å². The molecule has 146 valence electrons. The molecule has 0 radical (unpaired) electrons. The molecule has 29 heavy (non-hydrogen) atoms. The molecule has 6 nitrogen and oxygen atoms in total. The zero-order valence-corrected chi connectivity index (χ0v) is 16.4. The van der Waals surface area contributed by atoms with Gasteiger partial charge < -0.3 is 5.32 Å². The molecule has 2 N–H and O–H groups in total. The first-order chi connectivity index (χ1) is 14.2. The van der Waals surface area contributed by atoms with Crippen molar-refractivity contribution < 1.29 is 9.18 Å². The number of thiophene rings is 1. The predicted molar refractivity (Wildman–Crippen MR) is 109 cm³/mol. The minimum atomic E-state index is -0.457. The molecule has 4 aromatic rings. The summed E-state index contributed by atoms with van der Waals surface area (Å²) in [4.78, 5) is 22.9. The van der Waals surface area contributed by atoms with E-state index in [1.165, 1.54) is 29.3 Å². The molecule has 0 aliphatic heterocycles. The summed E-state index contributed by atoms with van der Waals surface area (Å²) < 4.78 is 14.7. The summed E-state index contributed by atoms with van der Waals surface area (Å²) in [6, 6.07) is 5.20. The first-order valence-corrected chi connectivity index (χ1v) is 10.3. The van der Waals surface area contributed by atoms with E-state index in [1.807, 2.05) is 6.07 Å². The van der Waals surface area contributed by atoms with Crippen LogP contribution in [0.1, 0.15) is 38.6 Å². The third-order valence-corrected chi connectivity index (χ3v) is 6.46. The molecule has 0 bridgehead atoms. The number of aromatic amines is 1. The van der Waals surface area contributed by atoms with Gasteiger partial charge in [-0.15, -0.1) is 11.3 Å². The van der Waals surface area contributed by atoms with Crippen molar-refractivity contribution in [3.63, 3.8) is 0 Å². The Morgan fingerprint density at radius 2 is 2.10 bits per heavy atom. The van der Waals surface area contributed by atoms with Crippen LogP contribution in [0.5, 0.6) is 0 Å². The van der Waals surface area contributed by atoms with Gasteiger partial charge in [0.05, 0.1) is 23.3 Å². The molecule has 8 heteroatoms. The summed E-state index contributed by atoms with van der Waals surface area (Å²) in [6.07, 6.45) is 9.34. The van der Waals surface area contributed by atoms with Crippen LogP contribution in [-0.4, -0.2) is 26.1 Å². The summed E-state index contributed by atoms with van der Waals surface area (Å²) in [5.74, 6) is -0.634. The molecule has 4 heterocycles. The number of pyridine rings is 2. The number of rotatable bonds is 4. The average Bonchev–Trinajstić information content (AvgIpc) is 3.39. The SMILES string of the molecule is O=C(NCc1ncc(-c2ccnc3[nH]ncc23)cc1F)c1cc2c(s1)CCCC2. The molecule has 1 amide bonds. The van der Waals surface area contributed by atoms with E-state index in [4.69, 9.17) is 0 Å². The minimum absolute atomic E-state index is 0.0466. The normalized spacial score (nSPS) is 13.4. The molecule has 1 aliphatic carbocycles. The number of fused-ring (bicyclic) bond motifs is 2. The van der Waals surface area contributed by atoms with Gasteiger partial charge in [0, 0.05) is 28.2 Å². The quantitative estimate of drug-likeness (QED) is 0.535. The number of halogens is 1. The van der Waals surface area contributed by atoms with Gasteiger partial charge in [0.2, 0.25) is 0 Å². The van der Waals surface area contributed by atoms with Crippen molar-refractivity contribution in [3.05, 3.63) is 63.6 Å². The van der Waals surface area contributed by atoms with Gasteiger partial charge in [0.1, 0.15) is 5.82 Å². The van der Waals surface area contributed by atoms with Gasteiger partial charge in [-0.1, -0.05) is 0 Å². The van der Waals surface area contributed by atoms with Gasteiger partial charge in [-0.3, -0.25) is 14.9 Å². The van der Waals surface area contributed by atoms with Gasteiger partial charge in [0.25, 0.3) is 5.91 Å². The van der Waals surface area contributed by atoms with Crippen molar-refractivity contribution in [2.45, 2.75) is 32.2 Å². The van der Waals surface area contributed by atoms with E-state index < -0.39 is 5.82 Å². The first-order valence-electron chi connectivity index (χ1n) is 9.52. The van der Waals surface area contributed by atoms with Crippen molar-refractivity contribution in [2.24, 2.45) is 0 Å². The van der Waals surface area contributed by atoms with Crippen LogP contribution >= 0.6 is 11.3 Å². The fourth-order valence-corrected chi connectivity index (χ4v) is 4.87. The highest BCUT2D eigenvalue weighted by molar-refractivity contribution is 7.14. The summed E-state index contributed by atoms with van der Waals surface area (Å²) >= 11 is 1.54. The molecule has 0 unspecified atom stereocenters. The lowest BCUT2D eigenvalue weighted by molar-refractivity contribution is 0.0954. The maximum atomic E-state index is 14.7. The van der Waals surface area contributed by atoms with Crippen molar-refractivity contribution in [2.75, 3.05) is 0 Å². The Morgan fingerprint density at radius 1 is 1.21 bits per heavy atom. The number of amides is 1. The highest BCUT2D eigenvalue weighted by Gasteiger charge is 2.18. The highest BCUT2D eigenvalue weighted by Crippen LogP contribution is 2.30. The maximum absolute atomic E-state index is 14.7. The molecule has 0 aromatic carbocycles. The highest BCUT2D eigenvalue weighted by atomic mass is 32.1. The molecular weight excluding hydrogens is 389 g/mol. The van der Waals surface area contributed by atoms with Gasteiger partial charge in [-0.2, -0.15) is 5.10 Å². The van der Waals surface area contributed by atoms with E-state index >= 15 is 0 Å². The third-order valence-electron chi connectivity index (χ3n) is 5.22. The van der Waals surface area contributed by atoms with Crippen molar-refractivity contribution in [1.82, 2.24) is 25.5 Å². The molecule has 1 aliphatic rings. The lowest BCUT2D eigenvalue weighted by Crippen LogP contribution is -2.23. The Balaban J connectivity index is 1.33. The monoisotopic (exact) mass is 407 g/mol. The van der Waals surface area contributed by atoms with E-state index in [0.29, 0.717) is 16.1 Å². The second kappa shape index (κ2) is 7.36. The Kier molecular flexibility index (Phi) is 4.55. The molecule has 5 rings (SSSR count). The largest absolute Gasteiger partial charge is 0.346 e. The number of hydrogen-bond donors (Lipinski definition) is 2. The van der Waals surface area contributed by atoms with Crippen LogP contribution in [-0.2, 0) is 19.4 Å². The van der Waals surface area contributed by atoms with E-state index in [9.17, 15) is 9.18 Å². The maximum Gasteiger partial charge on any atom is 0.261 e. The van der Waals surface area contributed by atoms with Crippen LogP contribution in [0.25, 0.3) is 22.2 Å². The molecule has 4 aromatic heterocycles. The smallest absolute Gasteiger partial charge is 0.261 e.